The molecule has 1 aromatic rings. The predicted octanol–water partition coefficient (Wildman–Crippen LogP) is 2.66. The van der Waals surface area contributed by atoms with Gasteiger partial charge in [-0.05, 0) is 55.8 Å². The van der Waals surface area contributed by atoms with Gasteiger partial charge < -0.3 is 10.5 Å². The van der Waals surface area contributed by atoms with Gasteiger partial charge >= 0.3 is 0 Å². The SMILES string of the molecule is COCC1CCCN(C(CN)c2cccc(C)c2C)C1. The van der Waals surface area contributed by atoms with E-state index in [4.69, 9.17) is 10.5 Å². The highest BCUT2D eigenvalue weighted by atomic mass is 16.5. The monoisotopic (exact) mass is 276 g/mol. The molecule has 0 spiro atoms. The van der Waals surface area contributed by atoms with Crippen LogP contribution in [0.5, 0.6) is 0 Å². The zero-order valence-corrected chi connectivity index (χ0v) is 13.1. The Morgan fingerprint density at radius 1 is 1.40 bits per heavy atom. The third kappa shape index (κ3) is 3.40. The van der Waals surface area contributed by atoms with Crippen molar-refractivity contribution in [2.24, 2.45) is 11.7 Å². The first-order valence-corrected chi connectivity index (χ1v) is 7.66. The van der Waals surface area contributed by atoms with Crippen LogP contribution in [-0.2, 0) is 4.74 Å². The van der Waals surface area contributed by atoms with Crippen LogP contribution < -0.4 is 5.73 Å². The molecule has 1 aliphatic heterocycles. The summed E-state index contributed by atoms with van der Waals surface area (Å²) in [7, 11) is 1.80. The van der Waals surface area contributed by atoms with Crippen LogP contribution in [0, 0.1) is 19.8 Å². The van der Waals surface area contributed by atoms with Crippen molar-refractivity contribution >= 4 is 0 Å². The van der Waals surface area contributed by atoms with Crippen LogP contribution in [-0.4, -0.2) is 38.3 Å². The van der Waals surface area contributed by atoms with E-state index >= 15 is 0 Å². The maximum atomic E-state index is 6.10. The molecule has 1 aromatic carbocycles. The fourth-order valence-electron chi connectivity index (χ4n) is 3.36. The molecule has 1 aliphatic rings. The second kappa shape index (κ2) is 7.21. The van der Waals surface area contributed by atoms with Crippen LogP contribution in [0.1, 0.15) is 35.6 Å². The second-order valence-electron chi connectivity index (χ2n) is 6.00. The second-order valence-corrected chi connectivity index (χ2v) is 6.00. The average molecular weight is 276 g/mol. The van der Waals surface area contributed by atoms with Crippen LogP contribution in [0.4, 0.5) is 0 Å². The molecule has 20 heavy (non-hydrogen) atoms. The largest absolute Gasteiger partial charge is 0.384 e. The molecule has 1 heterocycles. The molecular formula is C17H28N2O. The van der Waals surface area contributed by atoms with Crippen molar-refractivity contribution in [1.82, 2.24) is 4.90 Å². The first kappa shape index (κ1) is 15.5. The minimum absolute atomic E-state index is 0.342. The number of ether oxygens (including phenoxy) is 1. The van der Waals surface area contributed by atoms with Crippen molar-refractivity contribution in [2.75, 3.05) is 33.4 Å². The van der Waals surface area contributed by atoms with Crippen molar-refractivity contribution in [3.05, 3.63) is 34.9 Å². The van der Waals surface area contributed by atoms with Crippen molar-refractivity contribution in [3.63, 3.8) is 0 Å². The molecule has 2 N–H and O–H groups in total. The number of rotatable bonds is 5. The zero-order chi connectivity index (χ0) is 14.5. The van der Waals surface area contributed by atoms with E-state index in [9.17, 15) is 0 Å². The number of hydrogen-bond acceptors (Lipinski definition) is 3. The smallest absolute Gasteiger partial charge is 0.0502 e. The van der Waals surface area contributed by atoms with Gasteiger partial charge in [-0.2, -0.15) is 0 Å². The molecule has 0 saturated carbocycles. The number of methoxy groups -OCH3 is 1. The van der Waals surface area contributed by atoms with Gasteiger partial charge in [0.2, 0.25) is 0 Å². The molecule has 1 saturated heterocycles. The van der Waals surface area contributed by atoms with E-state index < -0.39 is 0 Å². The molecule has 0 radical (unpaired) electrons. The number of aryl methyl sites for hydroxylation is 1. The van der Waals surface area contributed by atoms with Gasteiger partial charge in [0.1, 0.15) is 0 Å². The van der Waals surface area contributed by atoms with Crippen LogP contribution in [0.2, 0.25) is 0 Å². The van der Waals surface area contributed by atoms with Gasteiger partial charge in [0.15, 0.2) is 0 Å². The lowest BCUT2D eigenvalue weighted by molar-refractivity contribution is 0.0695. The molecule has 3 heteroatoms. The van der Waals surface area contributed by atoms with Gasteiger partial charge in [-0.15, -0.1) is 0 Å². The Morgan fingerprint density at radius 2 is 2.20 bits per heavy atom. The normalized spacial score (nSPS) is 21.9. The molecule has 2 rings (SSSR count). The Bertz CT molecular complexity index is 431. The lowest BCUT2D eigenvalue weighted by atomic mass is 9.92. The molecule has 3 nitrogen and oxygen atoms in total. The van der Waals surface area contributed by atoms with E-state index in [0.717, 1.165) is 19.7 Å². The number of nitrogens with zero attached hydrogens (tertiary/aromatic N) is 1. The average Bonchev–Trinajstić information content (AvgIpc) is 2.45. The summed E-state index contributed by atoms with van der Waals surface area (Å²) in [5.74, 6) is 0.646. The third-order valence-electron chi connectivity index (χ3n) is 4.62. The summed E-state index contributed by atoms with van der Waals surface area (Å²) >= 11 is 0. The Morgan fingerprint density at radius 3 is 2.90 bits per heavy atom. The highest BCUT2D eigenvalue weighted by Crippen LogP contribution is 2.29. The first-order chi connectivity index (χ1) is 9.67. The topological polar surface area (TPSA) is 38.5 Å². The first-order valence-electron chi connectivity index (χ1n) is 7.66. The fourth-order valence-corrected chi connectivity index (χ4v) is 3.36. The van der Waals surface area contributed by atoms with Crippen molar-refractivity contribution in [3.8, 4) is 0 Å². The van der Waals surface area contributed by atoms with Crippen molar-refractivity contribution in [2.45, 2.75) is 32.7 Å². The molecule has 0 aliphatic carbocycles. The third-order valence-corrected chi connectivity index (χ3v) is 4.62. The van der Waals surface area contributed by atoms with Crippen molar-refractivity contribution in [1.29, 1.82) is 0 Å². The van der Waals surface area contributed by atoms with Gasteiger partial charge in [-0.25, -0.2) is 0 Å². The molecule has 2 atom stereocenters. The van der Waals surface area contributed by atoms with Gasteiger partial charge in [0.05, 0.1) is 6.61 Å². The van der Waals surface area contributed by atoms with E-state index in [1.54, 1.807) is 7.11 Å². The molecule has 0 aromatic heterocycles. The van der Waals surface area contributed by atoms with Crippen LogP contribution in [0.25, 0.3) is 0 Å². The molecule has 1 fully saturated rings. The van der Waals surface area contributed by atoms with E-state index in [1.807, 2.05) is 0 Å². The molecule has 0 bridgehead atoms. The van der Waals surface area contributed by atoms with Crippen LogP contribution >= 0.6 is 0 Å². The lowest BCUT2D eigenvalue weighted by Gasteiger charge is -2.38. The standard InChI is InChI=1S/C17H28N2O/c1-13-6-4-8-16(14(13)2)17(10-18)19-9-5-7-15(11-19)12-20-3/h4,6,8,15,17H,5,7,9-12,18H2,1-3H3. The maximum Gasteiger partial charge on any atom is 0.0502 e. The minimum Gasteiger partial charge on any atom is -0.384 e. The van der Waals surface area contributed by atoms with E-state index in [1.165, 1.54) is 29.5 Å². The number of hydrogen-bond donors (Lipinski definition) is 1. The summed E-state index contributed by atoms with van der Waals surface area (Å²) in [6.45, 7) is 8.18. The summed E-state index contributed by atoms with van der Waals surface area (Å²) in [5.41, 5.74) is 10.2. The summed E-state index contributed by atoms with van der Waals surface area (Å²) in [6.07, 6.45) is 2.52. The quantitative estimate of drug-likeness (QED) is 0.898. The fraction of sp³-hybridized carbons (Fsp3) is 0.647. The van der Waals surface area contributed by atoms with Crippen LogP contribution in [0.3, 0.4) is 0 Å². The van der Waals surface area contributed by atoms with Crippen molar-refractivity contribution < 1.29 is 4.74 Å². The predicted molar refractivity (Wildman–Crippen MR) is 83.9 cm³/mol. The molecule has 2 unspecified atom stereocenters. The minimum atomic E-state index is 0.342. The summed E-state index contributed by atoms with van der Waals surface area (Å²) in [5, 5.41) is 0. The number of benzene rings is 1. The maximum absolute atomic E-state index is 6.10. The number of nitrogens with two attached hydrogens (primary N) is 1. The Labute approximate surface area is 123 Å². The number of piperidine rings is 1. The molecule has 112 valence electrons. The van der Waals surface area contributed by atoms with Gasteiger partial charge in [-0.1, -0.05) is 18.2 Å². The number of likely N-dealkylation sites (tertiary alicyclic amines) is 1. The summed E-state index contributed by atoms with van der Waals surface area (Å²) in [6, 6.07) is 6.90. The summed E-state index contributed by atoms with van der Waals surface area (Å²) in [4.78, 5) is 2.55. The molecule has 0 amide bonds. The Balaban J connectivity index is 2.17. The van der Waals surface area contributed by atoms with E-state index in [0.29, 0.717) is 18.5 Å². The zero-order valence-electron chi connectivity index (χ0n) is 13.1. The highest BCUT2D eigenvalue weighted by Gasteiger charge is 2.27. The van der Waals surface area contributed by atoms with E-state index in [2.05, 4.69) is 36.9 Å². The Kier molecular flexibility index (Phi) is 5.58. The van der Waals surface area contributed by atoms with Gasteiger partial charge in [0.25, 0.3) is 0 Å². The van der Waals surface area contributed by atoms with E-state index in [-0.39, 0.29) is 0 Å². The van der Waals surface area contributed by atoms with Gasteiger partial charge in [-0.3, -0.25) is 4.90 Å². The lowest BCUT2D eigenvalue weighted by Crippen LogP contribution is -2.42. The highest BCUT2D eigenvalue weighted by molar-refractivity contribution is 5.35. The van der Waals surface area contributed by atoms with Crippen LogP contribution in [0.15, 0.2) is 18.2 Å². The Hall–Kier alpha value is -0.900. The summed E-state index contributed by atoms with van der Waals surface area (Å²) < 4.78 is 5.33. The van der Waals surface area contributed by atoms with Gasteiger partial charge in [0, 0.05) is 26.2 Å². The molecular weight excluding hydrogens is 248 g/mol.